The van der Waals surface area contributed by atoms with Gasteiger partial charge in [-0.15, -0.1) is 0 Å². The number of aliphatic hydroxyl groups is 1. The van der Waals surface area contributed by atoms with Gasteiger partial charge in [0.15, 0.2) is 0 Å². The molecule has 2 rings (SSSR count). The fourth-order valence-electron chi connectivity index (χ4n) is 3.18. The molecule has 0 spiro atoms. The standard InChI is InChI=1S/C21H28ClNO5/c1-27-21(26)15-28-12-3-2-11-23-18(8-10-20(23)25)7-9-19(24)14-16-5-4-6-17(22)13-16/h4-7,9,13,18-19,24H,2-3,8,10-12,14-15H2,1H3/t18-,19?/m0/s1. The van der Waals surface area contributed by atoms with Crippen LogP contribution in [-0.2, 0) is 25.5 Å². The highest BCUT2D eigenvalue weighted by Gasteiger charge is 2.28. The van der Waals surface area contributed by atoms with Crippen molar-refractivity contribution in [1.29, 1.82) is 0 Å². The Morgan fingerprint density at radius 1 is 1.43 bits per heavy atom. The van der Waals surface area contributed by atoms with E-state index in [1.165, 1.54) is 7.11 Å². The second-order valence-corrected chi connectivity index (χ2v) is 7.25. The summed E-state index contributed by atoms with van der Waals surface area (Å²) in [6.45, 7) is 1.05. The number of nitrogens with zero attached hydrogens (tertiary/aromatic N) is 1. The second kappa shape index (κ2) is 11.8. The van der Waals surface area contributed by atoms with Gasteiger partial charge in [0.1, 0.15) is 6.61 Å². The first-order valence-corrected chi connectivity index (χ1v) is 9.92. The Kier molecular flexibility index (Phi) is 9.47. The van der Waals surface area contributed by atoms with Crippen LogP contribution in [0.1, 0.15) is 31.2 Å². The van der Waals surface area contributed by atoms with Gasteiger partial charge in [-0.3, -0.25) is 4.79 Å². The molecule has 1 amide bonds. The largest absolute Gasteiger partial charge is 0.467 e. The first-order valence-electron chi connectivity index (χ1n) is 9.54. The van der Waals surface area contributed by atoms with Crippen LogP contribution in [0.2, 0.25) is 5.02 Å². The molecule has 0 saturated carbocycles. The van der Waals surface area contributed by atoms with E-state index in [1.54, 1.807) is 12.1 Å². The van der Waals surface area contributed by atoms with Crippen LogP contribution in [0.5, 0.6) is 0 Å². The summed E-state index contributed by atoms with van der Waals surface area (Å²) < 4.78 is 9.72. The smallest absolute Gasteiger partial charge is 0.331 e. The Hall–Kier alpha value is -1.89. The molecule has 1 aliphatic rings. The van der Waals surface area contributed by atoms with Gasteiger partial charge in [-0.25, -0.2) is 4.79 Å². The van der Waals surface area contributed by atoms with Gasteiger partial charge in [-0.1, -0.05) is 35.9 Å². The van der Waals surface area contributed by atoms with Crippen molar-refractivity contribution >= 4 is 23.5 Å². The van der Waals surface area contributed by atoms with Gasteiger partial charge in [-0.2, -0.15) is 0 Å². The molecule has 1 aromatic rings. The molecule has 28 heavy (non-hydrogen) atoms. The van der Waals surface area contributed by atoms with Gasteiger partial charge >= 0.3 is 5.97 Å². The number of hydrogen-bond donors (Lipinski definition) is 1. The number of rotatable bonds is 11. The van der Waals surface area contributed by atoms with Gasteiger partial charge < -0.3 is 19.5 Å². The van der Waals surface area contributed by atoms with Crippen LogP contribution in [-0.4, -0.2) is 60.9 Å². The number of ether oxygens (including phenoxy) is 2. The highest BCUT2D eigenvalue weighted by atomic mass is 35.5. The highest BCUT2D eigenvalue weighted by molar-refractivity contribution is 6.30. The molecule has 0 aliphatic carbocycles. The second-order valence-electron chi connectivity index (χ2n) is 6.82. The van der Waals surface area contributed by atoms with Crippen LogP contribution in [0, 0.1) is 0 Å². The monoisotopic (exact) mass is 409 g/mol. The zero-order chi connectivity index (χ0) is 20.4. The predicted octanol–water partition coefficient (Wildman–Crippen LogP) is 2.76. The van der Waals surface area contributed by atoms with E-state index in [-0.39, 0.29) is 18.6 Å². The fraction of sp³-hybridized carbons (Fsp3) is 0.524. The number of methoxy groups -OCH3 is 1. The van der Waals surface area contributed by atoms with Crippen LogP contribution in [0.15, 0.2) is 36.4 Å². The minimum atomic E-state index is -0.622. The van der Waals surface area contributed by atoms with Crippen molar-refractivity contribution in [1.82, 2.24) is 4.90 Å². The third-order valence-electron chi connectivity index (χ3n) is 4.65. The first-order chi connectivity index (χ1) is 13.5. The van der Waals surface area contributed by atoms with Crippen molar-refractivity contribution in [2.24, 2.45) is 0 Å². The Balaban J connectivity index is 1.74. The van der Waals surface area contributed by atoms with Crippen molar-refractivity contribution < 1.29 is 24.2 Å². The molecule has 7 heteroatoms. The highest BCUT2D eigenvalue weighted by Crippen LogP contribution is 2.21. The molecule has 1 saturated heterocycles. The maximum atomic E-state index is 12.1. The van der Waals surface area contributed by atoms with Crippen molar-refractivity contribution in [3.63, 3.8) is 0 Å². The molecular formula is C21H28ClNO5. The molecule has 1 unspecified atom stereocenters. The lowest BCUT2D eigenvalue weighted by molar-refractivity contribution is -0.145. The Labute approximate surface area is 171 Å². The van der Waals surface area contributed by atoms with E-state index < -0.39 is 12.1 Å². The maximum Gasteiger partial charge on any atom is 0.331 e. The van der Waals surface area contributed by atoms with Crippen molar-refractivity contribution in [2.75, 3.05) is 26.9 Å². The summed E-state index contributed by atoms with van der Waals surface area (Å²) in [5.74, 6) is -0.259. The van der Waals surface area contributed by atoms with E-state index in [9.17, 15) is 14.7 Å². The molecule has 1 heterocycles. The Morgan fingerprint density at radius 2 is 2.25 bits per heavy atom. The summed E-state index contributed by atoms with van der Waals surface area (Å²) in [6, 6.07) is 7.44. The number of likely N-dealkylation sites (tertiary alicyclic amines) is 1. The number of amides is 1. The summed E-state index contributed by atoms with van der Waals surface area (Å²) in [5, 5.41) is 10.9. The van der Waals surface area contributed by atoms with Crippen molar-refractivity contribution in [3.8, 4) is 0 Å². The molecule has 0 bridgehead atoms. The van der Waals surface area contributed by atoms with E-state index in [2.05, 4.69) is 4.74 Å². The van der Waals surface area contributed by atoms with Crippen molar-refractivity contribution in [3.05, 3.63) is 47.0 Å². The van der Waals surface area contributed by atoms with Crippen LogP contribution >= 0.6 is 11.6 Å². The van der Waals surface area contributed by atoms with E-state index in [0.717, 1.165) is 24.8 Å². The molecule has 6 nitrogen and oxygen atoms in total. The van der Waals surface area contributed by atoms with Gasteiger partial charge in [0.05, 0.1) is 19.3 Å². The van der Waals surface area contributed by atoms with E-state index >= 15 is 0 Å². The van der Waals surface area contributed by atoms with Crippen LogP contribution in [0.4, 0.5) is 0 Å². The lowest BCUT2D eigenvalue weighted by atomic mass is 10.1. The number of unbranched alkanes of at least 4 members (excludes halogenated alkanes) is 1. The lowest BCUT2D eigenvalue weighted by Crippen LogP contribution is -2.33. The fourth-order valence-corrected chi connectivity index (χ4v) is 3.39. The molecular weight excluding hydrogens is 382 g/mol. The summed E-state index contributed by atoms with van der Waals surface area (Å²) in [4.78, 5) is 24.9. The SMILES string of the molecule is COC(=O)COCCCCN1C(=O)CC[C@@H]1C=CC(O)Cc1cccc(Cl)c1. The van der Waals surface area contributed by atoms with Crippen LogP contribution in [0.25, 0.3) is 0 Å². The molecule has 1 fully saturated rings. The molecule has 1 aromatic carbocycles. The molecule has 1 N–H and O–H groups in total. The molecule has 0 radical (unpaired) electrons. The first kappa shape index (κ1) is 22.4. The third-order valence-corrected chi connectivity index (χ3v) is 4.88. The average Bonchev–Trinajstić information content (AvgIpc) is 3.02. The zero-order valence-corrected chi connectivity index (χ0v) is 16.9. The predicted molar refractivity (Wildman–Crippen MR) is 107 cm³/mol. The number of aliphatic hydroxyl groups excluding tert-OH is 1. The molecule has 0 aromatic heterocycles. The number of carbonyl (C=O) groups is 2. The number of halogens is 1. The number of hydrogen-bond acceptors (Lipinski definition) is 5. The van der Waals surface area contributed by atoms with Crippen LogP contribution < -0.4 is 0 Å². The minimum absolute atomic E-state index is 0.0116. The number of esters is 1. The summed E-state index contributed by atoms with van der Waals surface area (Å²) >= 11 is 5.97. The zero-order valence-electron chi connectivity index (χ0n) is 16.2. The van der Waals surface area contributed by atoms with Gasteiger partial charge in [0.25, 0.3) is 0 Å². The Bertz CT molecular complexity index is 679. The Morgan fingerprint density at radius 3 is 3.00 bits per heavy atom. The van der Waals surface area contributed by atoms with Crippen molar-refractivity contribution in [2.45, 2.75) is 44.2 Å². The molecule has 2 atom stereocenters. The topological polar surface area (TPSA) is 76.1 Å². The average molecular weight is 410 g/mol. The van der Waals surface area contributed by atoms with Gasteiger partial charge in [-0.05, 0) is 37.0 Å². The summed E-state index contributed by atoms with van der Waals surface area (Å²) in [6.07, 6.45) is 6.38. The number of carbonyl (C=O) groups excluding carboxylic acids is 2. The maximum absolute atomic E-state index is 12.1. The summed E-state index contributed by atoms with van der Waals surface area (Å²) in [7, 11) is 1.32. The van der Waals surface area contributed by atoms with E-state index in [0.29, 0.717) is 31.0 Å². The van der Waals surface area contributed by atoms with Crippen LogP contribution in [0.3, 0.4) is 0 Å². The minimum Gasteiger partial charge on any atom is -0.467 e. The third kappa shape index (κ3) is 7.62. The lowest BCUT2D eigenvalue weighted by Gasteiger charge is -2.22. The molecule has 154 valence electrons. The number of benzene rings is 1. The molecule has 1 aliphatic heterocycles. The quantitative estimate of drug-likeness (QED) is 0.345. The van der Waals surface area contributed by atoms with E-state index in [1.807, 2.05) is 29.2 Å². The van der Waals surface area contributed by atoms with Gasteiger partial charge in [0.2, 0.25) is 5.91 Å². The van der Waals surface area contributed by atoms with Gasteiger partial charge in [0, 0.05) is 31.0 Å². The summed E-state index contributed by atoms with van der Waals surface area (Å²) in [5.41, 5.74) is 0.968. The van der Waals surface area contributed by atoms with E-state index in [4.69, 9.17) is 16.3 Å². The normalized spacial score (nSPS) is 18.0.